The molecule has 0 atom stereocenters. The van der Waals surface area contributed by atoms with E-state index in [1.807, 2.05) is 0 Å². The molecular formula is C13H17FN2O2. The maximum Gasteiger partial charge on any atom is 0.411 e. The number of amides is 1. The number of rotatable bonds is 3. The molecule has 0 radical (unpaired) electrons. The van der Waals surface area contributed by atoms with Crippen molar-refractivity contribution >= 4 is 17.5 Å². The van der Waals surface area contributed by atoms with Gasteiger partial charge in [-0.3, -0.25) is 5.32 Å². The van der Waals surface area contributed by atoms with Crippen LogP contribution in [0.2, 0.25) is 0 Å². The SMILES string of the molecule is CCOC(=O)Nc1cc(N2CCCC2)ccc1F. The highest BCUT2D eigenvalue weighted by Crippen LogP contribution is 2.25. The zero-order valence-electron chi connectivity index (χ0n) is 10.4. The summed E-state index contributed by atoms with van der Waals surface area (Å²) in [5.41, 5.74) is 1.10. The molecule has 18 heavy (non-hydrogen) atoms. The molecule has 4 nitrogen and oxygen atoms in total. The molecule has 1 aliphatic heterocycles. The van der Waals surface area contributed by atoms with Crippen LogP contribution >= 0.6 is 0 Å². The number of anilines is 2. The number of hydrogen-bond acceptors (Lipinski definition) is 3. The minimum Gasteiger partial charge on any atom is -0.450 e. The van der Waals surface area contributed by atoms with Gasteiger partial charge in [0.2, 0.25) is 0 Å². The Kier molecular flexibility index (Phi) is 4.02. The Labute approximate surface area is 106 Å². The Balaban J connectivity index is 2.13. The minimum atomic E-state index is -0.630. The number of ether oxygens (including phenoxy) is 1. The first-order valence-corrected chi connectivity index (χ1v) is 6.19. The molecule has 0 unspecified atom stereocenters. The van der Waals surface area contributed by atoms with Crippen LogP contribution in [0.1, 0.15) is 19.8 Å². The van der Waals surface area contributed by atoms with E-state index < -0.39 is 11.9 Å². The quantitative estimate of drug-likeness (QED) is 0.899. The standard InChI is InChI=1S/C13H17FN2O2/c1-2-18-13(17)15-12-9-10(5-6-11(12)14)16-7-3-4-8-16/h5-6,9H,2-4,7-8H2,1H3,(H,15,17). The molecule has 1 heterocycles. The van der Waals surface area contributed by atoms with Crippen LogP contribution in [0.25, 0.3) is 0 Å². The molecule has 0 aliphatic carbocycles. The molecule has 1 fully saturated rings. The van der Waals surface area contributed by atoms with E-state index in [1.165, 1.54) is 6.07 Å². The van der Waals surface area contributed by atoms with Gasteiger partial charge in [-0.25, -0.2) is 9.18 Å². The maximum absolute atomic E-state index is 13.6. The second-order valence-corrected chi connectivity index (χ2v) is 4.20. The summed E-state index contributed by atoms with van der Waals surface area (Å²) in [6.45, 7) is 3.92. The van der Waals surface area contributed by atoms with Crippen molar-refractivity contribution in [1.82, 2.24) is 0 Å². The Morgan fingerprint density at radius 1 is 1.44 bits per heavy atom. The van der Waals surface area contributed by atoms with Crippen LogP contribution in [0.5, 0.6) is 0 Å². The highest BCUT2D eigenvalue weighted by Gasteiger charge is 2.15. The van der Waals surface area contributed by atoms with E-state index in [2.05, 4.69) is 10.2 Å². The summed E-state index contributed by atoms with van der Waals surface area (Å²) in [4.78, 5) is 13.5. The Morgan fingerprint density at radius 2 is 2.17 bits per heavy atom. The highest BCUT2D eigenvalue weighted by atomic mass is 19.1. The number of nitrogens with one attached hydrogen (secondary N) is 1. The lowest BCUT2D eigenvalue weighted by Gasteiger charge is -2.18. The number of benzene rings is 1. The van der Waals surface area contributed by atoms with Crippen molar-refractivity contribution in [2.45, 2.75) is 19.8 Å². The van der Waals surface area contributed by atoms with E-state index in [0.717, 1.165) is 31.6 Å². The summed E-state index contributed by atoms with van der Waals surface area (Å²) in [6.07, 6.45) is 1.67. The number of nitrogens with zero attached hydrogens (tertiary/aromatic N) is 1. The van der Waals surface area contributed by atoms with Crippen molar-refractivity contribution in [2.24, 2.45) is 0 Å². The minimum absolute atomic E-state index is 0.165. The molecule has 1 N–H and O–H groups in total. The number of carbonyl (C=O) groups excluding carboxylic acids is 1. The average molecular weight is 252 g/mol. The van der Waals surface area contributed by atoms with Gasteiger partial charge in [-0.2, -0.15) is 0 Å². The lowest BCUT2D eigenvalue weighted by atomic mass is 10.2. The largest absolute Gasteiger partial charge is 0.450 e. The zero-order chi connectivity index (χ0) is 13.0. The van der Waals surface area contributed by atoms with Crippen LogP contribution in [0, 0.1) is 5.82 Å². The number of halogens is 1. The van der Waals surface area contributed by atoms with Crippen molar-refractivity contribution in [3.8, 4) is 0 Å². The molecule has 1 aromatic rings. The van der Waals surface area contributed by atoms with Crippen molar-refractivity contribution in [2.75, 3.05) is 29.9 Å². The van der Waals surface area contributed by atoms with E-state index in [0.29, 0.717) is 0 Å². The summed E-state index contributed by atoms with van der Waals surface area (Å²) in [5, 5.41) is 2.41. The van der Waals surface area contributed by atoms with Crippen molar-refractivity contribution < 1.29 is 13.9 Å². The van der Waals surface area contributed by atoms with Gasteiger partial charge in [0.25, 0.3) is 0 Å². The Bertz CT molecular complexity index is 431. The van der Waals surface area contributed by atoms with Crippen molar-refractivity contribution in [3.05, 3.63) is 24.0 Å². The summed E-state index contributed by atoms with van der Waals surface area (Å²) in [5.74, 6) is -0.453. The molecule has 0 saturated carbocycles. The van der Waals surface area contributed by atoms with Crippen LogP contribution in [0.15, 0.2) is 18.2 Å². The van der Waals surface area contributed by atoms with Gasteiger partial charge >= 0.3 is 6.09 Å². The fourth-order valence-electron chi connectivity index (χ4n) is 2.06. The summed E-state index contributed by atoms with van der Waals surface area (Å²) < 4.78 is 18.3. The first-order valence-electron chi connectivity index (χ1n) is 6.19. The van der Waals surface area contributed by atoms with Gasteiger partial charge in [-0.05, 0) is 38.0 Å². The first kappa shape index (κ1) is 12.7. The van der Waals surface area contributed by atoms with Crippen LogP contribution in [0.4, 0.5) is 20.6 Å². The lowest BCUT2D eigenvalue weighted by molar-refractivity contribution is 0.168. The van der Waals surface area contributed by atoms with Crippen molar-refractivity contribution in [1.29, 1.82) is 0 Å². The van der Waals surface area contributed by atoms with E-state index in [9.17, 15) is 9.18 Å². The van der Waals surface area contributed by atoms with E-state index in [-0.39, 0.29) is 12.3 Å². The molecule has 1 aromatic carbocycles. The molecule has 5 heteroatoms. The molecule has 0 bridgehead atoms. The Hall–Kier alpha value is -1.78. The van der Waals surface area contributed by atoms with Gasteiger partial charge in [-0.1, -0.05) is 0 Å². The van der Waals surface area contributed by atoms with Gasteiger partial charge in [0.1, 0.15) is 5.82 Å². The highest BCUT2D eigenvalue weighted by molar-refractivity contribution is 5.85. The molecule has 2 rings (SSSR count). The third-order valence-electron chi connectivity index (χ3n) is 2.93. The molecule has 98 valence electrons. The number of carbonyl (C=O) groups is 1. The third kappa shape index (κ3) is 2.91. The van der Waals surface area contributed by atoms with E-state index in [1.54, 1.807) is 19.1 Å². The van der Waals surface area contributed by atoms with Gasteiger partial charge in [0.05, 0.1) is 12.3 Å². The van der Waals surface area contributed by atoms with Gasteiger partial charge in [-0.15, -0.1) is 0 Å². The fraction of sp³-hybridized carbons (Fsp3) is 0.462. The maximum atomic E-state index is 13.6. The second-order valence-electron chi connectivity index (χ2n) is 4.20. The summed E-state index contributed by atoms with van der Waals surface area (Å²) in [6, 6.07) is 4.75. The number of hydrogen-bond donors (Lipinski definition) is 1. The summed E-state index contributed by atoms with van der Waals surface area (Å²) >= 11 is 0. The topological polar surface area (TPSA) is 41.6 Å². The molecule has 0 spiro atoms. The smallest absolute Gasteiger partial charge is 0.411 e. The molecular weight excluding hydrogens is 235 g/mol. The van der Waals surface area contributed by atoms with Crippen LogP contribution in [-0.2, 0) is 4.74 Å². The van der Waals surface area contributed by atoms with Crippen LogP contribution in [-0.4, -0.2) is 25.8 Å². The normalized spacial score (nSPS) is 14.7. The fourth-order valence-corrected chi connectivity index (χ4v) is 2.06. The van der Waals surface area contributed by atoms with Crippen LogP contribution in [0.3, 0.4) is 0 Å². The van der Waals surface area contributed by atoms with Crippen LogP contribution < -0.4 is 10.2 Å². The molecule has 1 aliphatic rings. The van der Waals surface area contributed by atoms with Crippen molar-refractivity contribution in [3.63, 3.8) is 0 Å². The summed E-state index contributed by atoms with van der Waals surface area (Å²) in [7, 11) is 0. The molecule has 1 saturated heterocycles. The third-order valence-corrected chi connectivity index (χ3v) is 2.93. The lowest BCUT2D eigenvalue weighted by Crippen LogP contribution is -2.19. The monoisotopic (exact) mass is 252 g/mol. The van der Waals surface area contributed by atoms with Gasteiger partial charge < -0.3 is 9.64 Å². The Morgan fingerprint density at radius 3 is 2.83 bits per heavy atom. The van der Waals surface area contributed by atoms with Gasteiger partial charge in [0, 0.05) is 18.8 Å². The average Bonchev–Trinajstić information content (AvgIpc) is 2.86. The molecule has 0 aromatic heterocycles. The van der Waals surface area contributed by atoms with E-state index >= 15 is 0 Å². The zero-order valence-corrected chi connectivity index (χ0v) is 10.4. The van der Waals surface area contributed by atoms with E-state index in [4.69, 9.17) is 4.74 Å². The predicted octanol–water partition coefficient (Wildman–Crippen LogP) is 2.99. The molecule has 1 amide bonds. The second kappa shape index (κ2) is 5.71. The van der Waals surface area contributed by atoms with Gasteiger partial charge in [0.15, 0.2) is 0 Å². The first-order chi connectivity index (χ1) is 8.70. The predicted molar refractivity (Wildman–Crippen MR) is 68.5 cm³/mol.